The number of nitrogens with zero attached hydrogens (tertiary/aromatic N) is 4. The van der Waals surface area contributed by atoms with Crippen molar-refractivity contribution >= 4 is 5.91 Å². The first-order valence-electron chi connectivity index (χ1n) is 9.46. The van der Waals surface area contributed by atoms with Crippen LogP contribution < -0.4 is 5.56 Å². The molecule has 1 amide bonds. The maximum atomic E-state index is 12.9. The SMILES string of the molecule is Cc1[nH]c(=O)c(C#N)cc1C(=O)N1CCN([C@H]2CN3CCC2CC3)CC1. The van der Waals surface area contributed by atoms with Crippen molar-refractivity contribution in [2.45, 2.75) is 25.8 Å². The van der Waals surface area contributed by atoms with Crippen molar-refractivity contribution in [2.24, 2.45) is 5.92 Å². The number of nitriles is 1. The quantitative estimate of drug-likeness (QED) is 0.831. The Bertz CT molecular complexity index is 795. The number of aromatic nitrogens is 1. The zero-order chi connectivity index (χ0) is 18.3. The fourth-order valence-electron chi connectivity index (χ4n) is 4.70. The molecule has 5 rings (SSSR count). The lowest BCUT2D eigenvalue weighted by Crippen LogP contribution is -2.61. The van der Waals surface area contributed by atoms with Gasteiger partial charge in [0.05, 0.1) is 5.56 Å². The molecule has 0 spiro atoms. The first kappa shape index (κ1) is 17.3. The Kier molecular flexibility index (Phi) is 4.55. The highest BCUT2D eigenvalue weighted by Crippen LogP contribution is 2.31. The smallest absolute Gasteiger partial charge is 0.266 e. The third-order valence-electron chi connectivity index (χ3n) is 6.28. The van der Waals surface area contributed by atoms with Crippen LogP contribution in [-0.4, -0.2) is 77.4 Å². The van der Waals surface area contributed by atoms with Crippen LogP contribution in [0.3, 0.4) is 0 Å². The van der Waals surface area contributed by atoms with Crippen molar-refractivity contribution in [1.82, 2.24) is 19.7 Å². The topological polar surface area (TPSA) is 83.4 Å². The van der Waals surface area contributed by atoms with Crippen LogP contribution in [0.15, 0.2) is 10.9 Å². The van der Waals surface area contributed by atoms with Gasteiger partial charge in [0.1, 0.15) is 11.6 Å². The molecule has 0 saturated carbocycles. The molecule has 138 valence electrons. The number of carbonyl (C=O) groups excluding carboxylic acids is 1. The zero-order valence-corrected chi connectivity index (χ0v) is 15.2. The molecule has 0 radical (unpaired) electrons. The fourth-order valence-corrected chi connectivity index (χ4v) is 4.70. The largest absolute Gasteiger partial charge is 0.336 e. The molecule has 4 fully saturated rings. The van der Waals surface area contributed by atoms with Gasteiger partial charge in [0, 0.05) is 44.5 Å². The monoisotopic (exact) mass is 355 g/mol. The van der Waals surface area contributed by atoms with Crippen LogP contribution in [0.4, 0.5) is 0 Å². The Morgan fingerprint density at radius 2 is 1.88 bits per heavy atom. The normalized spacial score (nSPS) is 28.8. The average molecular weight is 355 g/mol. The van der Waals surface area contributed by atoms with Gasteiger partial charge in [-0.05, 0) is 44.8 Å². The molecule has 4 saturated heterocycles. The van der Waals surface area contributed by atoms with Crippen molar-refractivity contribution in [3.63, 3.8) is 0 Å². The lowest BCUT2D eigenvalue weighted by atomic mass is 9.83. The summed E-state index contributed by atoms with van der Waals surface area (Å²) in [7, 11) is 0. The lowest BCUT2D eigenvalue weighted by molar-refractivity contribution is -0.0131. The van der Waals surface area contributed by atoms with E-state index in [-0.39, 0.29) is 11.5 Å². The second kappa shape index (κ2) is 6.86. The Morgan fingerprint density at radius 1 is 1.19 bits per heavy atom. The van der Waals surface area contributed by atoms with Crippen molar-refractivity contribution in [3.8, 4) is 6.07 Å². The van der Waals surface area contributed by atoms with Gasteiger partial charge in [-0.15, -0.1) is 0 Å². The summed E-state index contributed by atoms with van der Waals surface area (Å²) in [4.78, 5) is 34.2. The number of hydrogen-bond donors (Lipinski definition) is 1. The number of piperidine rings is 3. The predicted molar refractivity (Wildman–Crippen MR) is 96.9 cm³/mol. The summed E-state index contributed by atoms with van der Waals surface area (Å²) >= 11 is 0. The summed E-state index contributed by atoms with van der Waals surface area (Å²) in [5, 5.41) is 9.05. The van der Waals surface area contributed by atoms with Crippen molar-refractivity contribution in [3.05, 3.63) is 33.2 Å². The Labute approximate surface area is 153 Å². The highest BCUT2D eigenvalue weighted by atomic mass is 16.2. The number of aryl methyl sites for hydroxylation is 1. The Balaban J connectivity index is 1.43. The van der Waals surface area contributed by atoms with Crippen LogP contribution in [0.2, 0.25) is 0 Å². The first-order valence-corrected chi connectivity index (χ1v) is 9.46. The molecule has 1 atom stereocenters. The van der Waals surface area contributed by atoms with E-state index >= 15 is 0 Å². The van der Waals surface area contributed by atoms with E-state index in [4.69, 9.17) is 5.26 Å². The van der Waals surface area contributed by atoms with Gasteiger partial charge >= 0.3 is 0 Å². The first-order chi connectivity index (χ1) is 12.6. The Hall–Kier alpha value is -2.17. The van der Waals surface area contributed by atoms with Crippen LogP contribution in [0, 0.1) is 24.2 Å². The van der Waals surface area contributed by atoms with E-state index in [0.29, 0.717) is 30.4 Å². The summed E-state index contributed by atoms with van der Waals surface area (Å²) < 4.78 is 0. The van der Waals surface area contributed by atoms with E-state index in [2.05, 4.69) is 14.8 Å². The van der Waals surface area contributed by atoms with E-state index in [1.54, 1.807) is 6.92 Å². The molecule has 1 N–H and O–H groups in total. The van der Waals surface area contributed by atoms with Crippen molar-refractivity contribution in [2.75, 3.05) is 45.8 Å². The standard InChI is InChI=1S/C19H25N5O2/c1-13-16(10-15(11-20)18(25)21-13)19(26)24-8-6-23(7-9-24)17-12-22-4-2-14(17)3-5-22/h10,14,17H,2-9,12H2,1H3,(H,21,25)/t17-/m0/s1. The fraction of sp³-hybridized carbons (Fsp3) is 0.632. The van der Waals surface area contributed by atoms with Gasteiger partial charge in [0.25, 0.3) is 11.5 Å². The maximum absolute atomic E-state index is 12.9. The number of carbonyl (C=O) groups is 1. The van der Waals surface area contributed by atoms with E-state index < -0.39 is 5.56 Å². The van der Waals surface area contributed by atoms with E-state index in [1.165, 1.54) is 38.5 Å². The second-order valence-corrected chi connectivity index (χ2v) is 7.70. The van der Waals surface area contributed by atoms with Crippen LogP contribution in [-0.2, 0) is 0 Å². The van der Waals surface area contributed by atoms with Crippen LogP contribution in [0.1, 0.15) is 34.5 Å². The van der Waals surface area contributed by atoms with Crippen LogP contribution >= 0.6 is 0 Å². The molecule has 4 aliphatic rings. The molecule has 0 unspecified atom stereocenters. The molecule has 0 aromatic carbocycles. The number of H-pyrrole nitrogens is 1. The number of aromatic amines is 1. The maximum Gasteiger partial charge on any atom is 0.266 e. The van der Waals surface area contributed by atoms with Gasteiger partial charge in [0.15, 0.2) is 0 Å². The summed E-state index contributed by atoms with van der Waals surface area (Å²) in [6.07, 6.45) is 2.61. The molecular weight excluding hydrogens is 330 g/mol. The van der Waals surface area contributed by atoms with E-state index in [9.17, 15) is 9.59 Å². The third kappa shape index (κ3) is 3.04. The number of pyridine rings is 1. The number of piperazine rings is 1. The van der Waals surface area contributed by atoms with Crippen molar-refractivity contribution < 1.29 is 4.79 Å². The molecule has 5 heterocycles. The van der Waals surface area contributed by atoms with E-state index in [0.717, 1.165) is 19.0 Å². The summed E-state index contributed by atoms with van der Waals surface area (Å²) in [6.45, 7) is 8.55. The highest BCUT2D eigenvalue weighted by molar-refractivity contribution is 5.95. The van der Waals surface area contributed by atoms with Gasteiger partial charge in [-0.3, -0.25) is 14.5 Å². The predicted octanol–water partition coefficient (Wildman–Crippen LogP) is 0.407. The third-order valence-corrected chi connectivity index (χ3v) is 6.28. The van der Waals surface area contributed by atoms with E-state index in [1.807, 2.05) is 11.0 Å². The summed E-state index contributed by atoms with van der Waals surface area (Å²) in [5.41, 5.74) is 0.509. The molecule has 4 aliphatic heterocycles. The van der Waals surface area contributed by atoms with Gasteiger partial charge in [-0.1, -0.05) is 0 Å². The molecule has 1 aromatic heterocycles. The lowest BCUT2D eigenvalue weighted by Gasteiger charge is -2.51. The molecule has 1 aromatic rings. The van der Waals surface area contributed by atoms with Gasteiger partial charge in [0.2, 0.25) is 0 Å². The minimum atomic E-state index is -0.436. The second-order valence-electron chi connectivity index (χ2n) is 7.70. The zero-order valence-electron chi connectivity index (χ0n) is 15.2. The summed E-state index contributed by atoms with van der Waals surface area (Å²) in [5.74, 6) is 0.714. The highest BCUT2D eigenvalue weighted by Gasteiger charge is 2.38. The molecule has 26 heavy (non-hydrogen) atoms. The number of amides is 1. The number of nitrogens with one attached hydrogen (secondary N) is 1. The molecule has 7 nitrogen and oxygen atoms in total. The molecule has 2 bridgehead atoms. The average Bonchev–Trinajstić information content (AvgIpc) is 2.68. The van der Waals surface area contributed by atoms with Crippen LogP contribution in [0.5, 0.6) is 0 Å². The minimum Gasteiger partial charge on any atom is -0.336 e. The molecule has 0 aliphatic carbocycles. The molecular formula is C19H25N5O2. The van der Waals surface area contributed by atoms with Crippen LogP contribution in [0.25, 0.3) is 0 Å². The number of rotatable bonds is 2. The van der Waals surface area contributed by atoms with Gasteiger partial charge < -0.3 is 14.8 Å². The van der Waals surface area contributed by atoms with Gasteiger partial charge in [-0.2, -0.15) is 5.26 Å². The number of hydrogen-bond acceptors (Lipinski definition) is 5. The molecule has 7 heteroatoms. The Morgan fingerprint density at radius 3 is 2.46 bits per heavy atom. The summed E-state index contributed by atoms with van der Waals surface area (Å²) in [6, 6.07) is 3.92. The number of fused-ring (bicyclic) bond motifs is 3. The minimum absolute atomic E-state index is 0.00938. The van der Waals surface area contributed by atoms with Gasteiger partial charge in [-0.25, -0.2) is 0 Å². The van der Waals surface area contributed by atoms with Crippen molar-refractivity contribution in [1.29, 1.82) is 5.26 Å².